The number of rotatable bonds is 0. The number of hydrogen-bond acceptors (Lipinski definition) is 9. The molecule has 204 valence electrons. The smallest absolute Gasteiger partial charge is 0.335 e. The van der Waals surface area contributed by atoms with Gasteiger partial charge in [-0.1, -0.05) is 45.1 Å². The molecule has 0 aromatic carbocycles. The second-order valence-corrected chi connectivity index (χ2v) is 11.0. The summed E-state index contributed by atoms with van der Waals surface area (Å²) in [7, 11) is 0. The van der Waals surface area contributed by atoms with Gasteiger partial charge in [-0.3, -0.25) is 0 Å². The summed E-state index contributed by atoms with van der Waals surface area (Å²) in [4.78, 5) is 37.6. The summed E-state index contributed by atoms with van der Waals surface area (Å²) in [5.74, 6) is -2.34. The highest BCUT2D eigenvalue weighted by Gasteiger charge is 2.83. The topological polar surface area (TPSA) is 121 Å². The van der Waals surface area contributed by atoms with Crippen molar-refractivity contribution in [3.63, 3.8) is 0 Å². The van der Waals surface area contributed by atoms with Gasteiger partial charge in [0.25, 0.3) is 0 Å². The molecule has 0 amide bonds. The zero-order chi connectivity index (χ0) is 25.7. The predicted molar refractivity (Wildman–Crippen MR) is 132 cm³/mol. The summed E-state index contributed by atoms with van der Waals surface area (Å²) in [6.07, 6.45) is 7.11. The highest BCUT2D eigenvalue weighted by Crippen LogP contribution is 2.72. The normalized spacial score (nSPS) is 45.6. The maximum atomic E-state index is 12.9. The summed E-state index contributed by atoms with van der Waals surface area (Å²) >= 11 is 0. The Hall–Kier alpha value is -2.49. The number of allylic oxidation sites excluding steroid dienone is 3. The summed E-state index contributed by atoms with van der Waals surface area (Å²) in [5, 5.41) is 10.6. The summed E-state index contributed by atoms with van der Waals surface area (Å²) < 4.78 is 29.6. The van der Waals surface area contributed by atoms with Crippen LogP contribution in [0.25, 0.3) is 0 Å². The maximum absolute atomic E-state index is 12.9. The second-order valence-electron chi connectivity index (χ2n) is 11.0. The van der Waals surface area contributed by atoms with Gasteiger partial charge in [-0.15, -0.1) is 0 Å². The molecule has 2 bridgehead atoms. The largest absolute Gasteiger partial charge is 0.463 e. The van der Waals surface area contributed by atoms with Crippen molar-refractivity contribution < 1.29 is 43.2 Å². The Morgan fingerprint density at radius 1 is 1.03 bits per heavy atom. The van der Waals surface area contributed by atoms with Crippen molar-refractivity contribution in [1.29, 1.82) is 0 Å². The molecule has 3 fully saturated rings. The maximum Gasteiger partial charge on any atom is 0.335 e. The highest BCUT2D eigenvalue weighted by atomic mass is 16.6. The Morgan fingerprint density at radius 3 is 2.43 bits per heavy atom. The Kier molecular flexibility index (Phi) is 7.44. The molecule has 0 aromatic rings. The second kappa shape index (κ2) is 10.0. The van der Waals surface area contributed by atoms with Crippen LogP contribution in [0.3, 0.4) is 0 Å². The first-order valence-corrected chi connectivity index (χ1v) is 12.7. The van der Waals surface area contributed by atoms with Crippen molar-refractivity contribution in [3.8, 4) is 0 Å². The van der Waals surface area contributed by atoms with E-state index < -0.39 is 52.5 Å². The zero-order valence-electron chi connectivity index (χ0n) is 20.9. The van der Waals surface area contributed by atoms with Crippen LogP contribution in [-0.4, -0.2) is 72.9 Å². The Morgan fingerprint density at radius 2 is 1.73 bits per heavy atom. The fraction of sp³-hybridized carbons (Fsp3) is 0.679. The van der Waals surface area contributed by atoms with Crippen LogP contribution in [0.4, 0.5) is 0 Å². The fourth-order valence-corrected chi connectivity index (χ4v) is 6.65. The average Bonchev–Trinajstić information content (AvgIpc) is 3.62. The van der Waals surface area contributed by atoms with E-state index in [1.807, 2.05) is 0 Å². The van der Waals surface area contributed by atoms with Crippen molar-refractivity contribution in [2.24, 2.45) is 16.7 Å². The van der Waals surface area contributed by atoms with Crippen LogP contribution in [0.1, 0.15) is 53.9 Å². The third-order valence-corrected chi connectivity index (χ3v) is 9.12. The van der Waals surface area contributed by atoms with Crippen LogP contribution in [0, 0.1) is 16.7 Å². The minimum atomic E-state index is -1.37. The molecule has 1 saturated carbocycles. The first-order valence-electron chi connectivity index (χ1n) is 12.7. The van der Waals surface area contributed by atoms with E-state index in [1.54, 1.807) is 6.92 Å². The van der Waals surface area contributed by atoms with Gasteiger partial charge in [-0.2, -0.15) is 0 Å². The van der Waals surface area contributed by atoms with E-state index in [-0.39, 0.29) is 39.3 Å². The monoisotopic (exact) mass is 518 g/mol. The fourth-order valence-electron chi connectivity index (χ4n) is 6.65. The van der Waals surface area contributed by atoms with Crippen molar-refractivity contribution in [2.75, 3.05) is 19.8 Å². The van der Waals surface area contributed by atoms with Crippen LogP contribution < -0.4 is 0 Å². The Bertz CT molecular complexity index is 1020. The number of aliphatic hydroxyl groups is 1. The third kappa shape index (κ3) is 4.34. The van der Waals surface area contributed by atoms with E-state index in [2.05, 4.69) is 19.9 Å². The van der Waals surface area contributed by atoms with Crippen LogP contribution in [0.5, 0.6) is 0 Å². The minimum absolute atomic E-state index is 0. The molecule has 3 aliphatic heterocycles. The van der Waals surface area contributed by atoms with E-state index in [9.17, 15) is 19.5 Å². The molecule has 0 radical (unpaired) electrons. The molecule has 1 N–H and O–H groups in total. The molecule has 2 aliphatic carbocycles. The van der Waals surface area contributed by atoms with Crippen molar-refractivity contribution >= 4 is 17.9 Å². The first kappa shape index (κ1) is 27.5. The van der Waals surface area contributed by atoms with Crippen molar-refractivity contribution in [2.45, 2.75) is 83.9 Å². The number of ether oxygens (including phenoxy) is 5. The minimum Gasteiger partial charge on any atom is -0.463 e. The van der Waals surface area contributed by atoms with Gasteiger partial charge in [0, 0.05) is 24.0 Å². The van der Waals surface area contributed by atoms with Gasteiger partial charge in [0.2, 0.25) is 0 Å². The molecule has 8 atom stereocenters. The number of cyclic esters (lactones) is 2. The van der Waals surface area contributed by atoms with E-state index in [0.29, 0.717) is 19.4 Å². The third-order valence-electron chi connectivity index (χ3n) is 9.12. The van der Waals surface area contributed by atoms with Gasteiger partial charge >= 0.3 is 17.9 Å². The van der Waals surface area contributed by atoms with Crippen LogP contribution in [0.15, 0.2) is 36.0 Å². The van der Waals surface area contributed by atoms with E-state index >= 15 is 0 Å². The zero-order valence-corrected chi connectivity index (χ0v) is 20.9. The van der Waals surface area contributed by atoms with Crippen LogP contribution >= 0.6 is 0 Å². The lowest BCUT2D eigenvalue weighted by Crippen LogP contribution is -2.66. The quantitative estimate of drug-likeness (QED) is 0.223. The molecular formula is C28H38O9. The van der Waals surface area contributed by atoms with Gasteiger partial charge in [-0.25, -0.2) is 14.4 Å². The van der Waals surface area contributed by atoms with Crippen LogP contribution in [-0.2, 0) is 38.1 Å². The van der Waals surface area contributed by atoms with E-state index in [4.69, 9.17) is 23.7 Å². The number of esters is 3. The SMILES string of the molecule is C.CC1=C[C@H]2O[C@H]3C[C@H]4OC(=O)/C=C/C=C/C(=O)OCC[C@@H](C)[C@H](O)C(=O)OC[C@@]2(CC1)[C@@]4(C)[C@]31CO1. The molecule has 5 aliphatic rings. The molecule has 2 saturated heterocycles. The van der Waals surface area contributed by atoms with Gasteiger partial charge in [0.1, 0.15) is 18.3 Å². The van der Waals surface area contributed by atoms with Gasteiger partial charge in [0.05, 0.1) is 30.8 Å². The van der Waals surface area contributed by atoms with Gasteiger partial charge in [-0.05, 0) is 32.1 Å². The van der Waals surface area contributed by atoms with E-state index in [1.165, 1.54) is 29.9 Å². The lowest BCUT2D eigenvalue weighted by molar-refractivity contribution is -0.234. The number of aliphatic hydroxyl groups excluding tert-OH is 1. The summed E-state index contributed by atoms with van der Waals surface area (Å²) in [6, 6.07) is 0. The molecule has 9 nitrogen and oxygen atoms in total. The average molecular weight is 519 g/mol. The Balaban J connectivity index is 0.00000320. The molecule has 37 heavy (non-hydrogen) atoms. The molecule has 0 aromatic heterocycles. The Labute approximate surface area is 217 Å². The number of epoxide rings is 1. The van der Waals surface area contributed by atoms with Crippen molar-refractivity contribution in [1.82, 2.24) is 0 Å². The van der Waals surface area contributed by atoms with Crippen LogP contribution in [0.2, 0.25) is 0 Å². The lowest BCUT2D eigenvalue weighted by Gasteiger charge is -2.58. The predicted octanol–water partition coefficient (Wildman–Crippen LogP) is 2.81. The molecule has 9 heteroatoms. The summed E-state index contributed by atoms with van der Waals surface area (Å²) in [5.41, 5.74) is -0.820. The van der Waals surface area contributed by atoms with E-state index in [0.717, 1.165) is 6.42 Å². The number of carbonyl (C=O) groups is 3. The lowest BCUT2D eigenvalue weighted by atomic mass is 9.51. The molecule has 2 spiro atoms. The van der Waals surface area contributed by atoms with Gasteiger partial charge < -0.3 is 28.8 Å². The first-order chi connectivity index (χ1) is 17.1. The number of hydrogen-bond donors (Lipinski definition) is 1. The van der Waals surface area contributed by atoms with Crippen molar-refractivity contribution in [3.05, 3.63) is 36.0 Å². The molecular weight excluding hydrogens is 480 g/mol. The number of carbonyl (C=O) groups excluding carboxylic acids is 3. The van der Waals surface area contributed by atoms with Gasteiger partial charge in [0.15, 0.2) is 6.10 Å². The highest BCUT2D eigenvalue weighted by molar-refractivity contribution is 5.84. The summed E-state index contributed by atoms with van der Waals surface area (Å²) in [6.45, 7) is 6.34. The molecule has 0 unspecified atom stereocenters. The molecule has 3 heterocycles. The standard InChI is InChI=1S/C27H34O9.CH4/c1-16-8-10-26-14-33-24(31)23(30)17(2)9-11-32-21(28)6-4-5-7-22(29)36-18-13-20(35-19(26)12-16)27(15-34-27)25(18,26)3;/h4-7,12,17-20,23,30H,8-11,13-15H2,1-3H3;1H4/b6-4+,7-5+;/t17-,18-,19-,20+,23+,25+,26-,27+;/m1./s1. The molecule has 5 rings (SSSR count).